The van der Waals surface area contributed by atoms with Crippen LogP contribution in [0.15, 0.2) is 24.3 Å². The van der Waals surface area contributed by atoms with Crippen LogP contribution in [0.4, 0.5) is 0 Å². The molecule has 1 heterocycles. The smallest absolute Gasteiger partial charge is 0.314 e. The van der Waals surface area contributed by atoms with Gasteiger partial charge in [0.15, 0.2) is 0 Å². The van der Waals surface area contributed by atoms with Crippen molar-refractivity contribution in [2.75, 3.05) is 13.2 Å². The second-order valence-electron chi connectivity index (χ2n) is 5.37. The molecule has 0 radical (unpaired) electrons. The molecule has 1 aliphatic carbocycles. The molecule has 1 aliphatic heterocycles. The third-order valence-corrected chi connectivity index (χ3v) is 3.97. The van der Waals surface area contributed by atoms with Crippen LogP contribution in [0.3, 0.4) is 0 Å². The van der Waals surface area contributed by atoms with E-state index in [9.17, 15) is 9.90 Å². The lowest BCUT2D eigenvalue weighted by Crippen LogP contribution is -2.28. The first-order chi connectivity index (χ1) is 9.21. The summed E-state index contributed by atoms with van der Waals surface area (Å²) in [6, 6.07) is 7.51. The van der Waals surface area contributed by atoms with Crippen LogP contribution in [0.25, 0.3) is 0 Å². The van der Waals surface area contributed by atoms with E-state index in [0.717, 1.165) is 43.6 Å². The highest BCUT2D eigenvalue weighted by atomic mass is 16.5. The number of hydrogen-bond acceptors (Lipinski definition) is 3. The normalized spacial score (nSPS) is 24.7. The van der Waals surface area contributed by atoms with Crippen molar-refractivity contribution in [2.24, 2.45) is 0 Å². The van der Waals surface area contributed by atoms with Gasteiger partial charge >= 0.3 is 5.97 Å². The van der Waals surface area contributed by atoms with Crippen molar-refractivity contribution in [1.82, 2.24) is 0 Å². The van der Waals surface area contributed by atoms with Gasteiger partial charge in [-0.25, -0.2) is 0 Å². The third-order valence-electron chi connectivity index (χ3n) is 3.97. The minimum Gasteiger partial charge on any atom is -0.488 e. The van der Waals surface area contributed by atoms with Gasteiger partial charge in [-0.1, -0.05) is 12.1 Å². The quantitative estimate of drug-likeness (QED) is 0.905. The first kappa shape index (κ1) is 12.5. The Hall–Kier alpha value is -1.55. The summed E-state index contributed by atoms with van der Waals surface area (Å²) < 4.78 is 11.3. The molecule has 1 aromatic carbocycles. The number of carboxylic acid groups (broad SMARTS) is 1. The van der Waals surface area contributed by atoms with Crippen molar-refractivity contribution in [2.45, 2.75) is 37.2 Å². The Balaban J connectivity index is 1.75. The molecule has 19 heavy (non-hydrogen) atoms. The van der Waals surface area contributed by atoms with E-state index in [2.05, 4.69) is 0 Å². The molecule has 102 valence electrons. The molecule has 1 unspecified atom stereocenters. The summed E-state index contributed by atoms with van der Waals surface area (Å²) in [5, 5.41) is 9.31. The summed E-state index contributed by atoms with van der Waals surface area (Å²) in [7, 11) is 0. The Kier molecular flexibility index (Phi) is 3.19. The molecule has 2 aliphatic rings. The molecular weight excluding hydrogens is 244 g/mol. The molecule has 1 N–H and O–H groups in total. The van der Waals surface area contributed by atoms with E-state index >= 15 is 0 Å². The second kappa shape index (κ2) is 4.85. The standard InChI is InChI=1S/C15H18O4/c16-14(17)15(6-7-15)11-3-1-4-12(9-11)19-13-5-2-8-18-10-13/h1,3-4,9,13H,2,5-8,10H2,(H,16,17). The van der Waals surface area contributed by atoms with E-state index in [4.69, 9.17) is 9.47 Å². The van der Waals surface area contributed by atoms with Crippen LogP contribution in [0, 0.1) is 0 Å². The minimum atomic E-state index is -0.731. The topological polar surface area (TPSA) is 55.8 Å². The monoisotopic (exact) mass is 262 g/mol. The zero-order valence-corrected chi connectivity index (χ0v) is 10.8. The van der Waals surface area contributed by atoms with Crippen molar-refractivity contribution in [3.8, 4) is 5.75 Å². The fourth-order valence-corrected chi connectivity index (χ4v) is 2.61. The maximum Gasteiger partial charge on any atom is 0.314 e. The van der Waals surface area contributed by atoms with Crippen LogP contribution in [0.5, 0.6) is 5.75 Å². The number of aliphatic carboxylic acids is 1. The van der Waals surface area contributed by atoms with Crippen molar-refractivity contribution in [3.05, 3.63) is 29.8 Å². The lowest BCUT2D eigenvalue weighted by molar-refractivity contribution is -0.140. The fourth-order valence-electron chi connectivity index (χ4n) is 2.61. The molecule has 1 atom stereocenters. The zero-order valence-electron chi connectivity index (χ0n) is 10.8. The Morgan fingerprint density at radius 1 is 1.42 bits per heavy atom. The van der Waals surface area contributed by atoms with E-state index in [0.29, 0.717) is 6.61 Å². The van der Waals surface area contributed by atoms with Crippen LogP contribution < -0.4 is 4.74 Å². The molecule has 0 bridgehead atoms. The fraction of sp³-hybridized carbons (Fsp3) is 0.533. The predicted octanol–water partition coefficient (Wildman–Crippen LogP) is 2.36. The Bertz CT molecular complexity index is 473. The average molecular weight is 262 g/mol. The van der Waals surface area contributed by atoms with Gasteiger partial charge in [-0.05, 0) is 43.4 Å². The van der Waals surface area contributed by atoms with Gasteiger partial charge in [0.2, 0.25) is 0 Å². The second-order valence-corrected chi connectivity index (χ2v) is 5.37. The van der Waals surface area contributed by atoms with Gasteiger partial charge in [0.05, 0.1) is 12.0 Å². The number of rotatable bonds is 4. The first-order valence-electron chi connectivity index (χ1n) is 6.79. The minimum absolute atomic E-state index is 0.0870. The first-order valence-corrected chi connectivity index (χ1v) is 6.79. The molecule has 1 saturated heterocycles. The molecule has 0 aromatic heterocycles. The lowest BCUT2D eigenvalue weighted by atomic mass is 9.96. The van der Waals surface area contributed by atoms with E-state index in [1.165, 1.54) is 0 Å². The van der Waals surface area contributed by atoms with Gasteiger partial charge in [0.25, 0.3) is 0 Å². The van der Waals surface area contributed by atoms with Gasteiger partial charge in [-0.3, -0.25) is 4.79 Å². The summed E-state index contributed by atoms with van der Waals surface area (Å²) in [6.07, 6.45) is 3.54. The molecule has 0 amide bonds. The predicted molar refractivity (Wildman–Crippen MR) is 69.5 cm³/mol. The number of carbonyl (C=O) groups is 1. The highest BCUT2D eigenvalue weighted by molar-refractivity contribution is 5.85. The van der Waals surface area contributed by atoms with Crippen LogP contribution in [-0.4, -0.2) is 30.4 Å². The van der Waals surface area contributed by atoms with E-state index in [1.807, 2.05) is 24.3 Å². The largest absolute Gasteiger partial charge is 0.488 e. The highest BCUT2D eigenvalue weighted by Gasteiger charge is 2.51. The Morgan fingerprint density at radius 2 is 2.26 bits per heavy atom. The molecule has 4 nitrogen and oxygen atoms in total. The molecule has 4 heteroatoms. The summed E-state index contributed by atoms with van der Waals surface area (Å²) >= 11 is 0. The van der Waals surface area contributed by atoms with Crippen LogP contribution in [-0.2, 0) is 14.9 Å². The van der Waals surface area contributed by atoms with Gasteiger partial charge in [0, 0.05) is 6.61 Å². The number of benzene rings is 1. The van der Waals surface area contributed by atoms with Crippen molar-refractivity contribution in [1.29, 1.82) is 0 Å². The van der Waals surface area contributed by atoms with E-state index < -0.39 is 11.4 Å². The van der Waals surface area contributed by atoms with E-state index in [1.54, 1.807) is 0 Å². The summed E-state index contributed by atoms with van der Waals surface area (Å²) in [4.78, 5) is 11.3. The Morgan fingerprint density at radius 3 is 2.89 bits per heavy atom. The molecule has 0 spiro atoms. The average Bonchev–Trinajstić information content (AvgIpc) is 3.22. The number of hydrogen-bond donors (Lipinski definition) is 1. The summed E-state index contributed by atoms with van der Waals surface area (Å²) in [6.45, 7) is 1.43. The van der Waals surface area contributed by atoms with Crippen molar-refractivity contribution >= 4 is 5.97 Å². The van der Waals surface area contributed by atoms with Crippen LogP contribution >= 0.6 is 0 Å². The van der Waals surface area contributed by atoms with Gasteiger partial charge in [-0.15, -0.1) is 0 Å². The van der Waals surface area contributed by atoms with E-state index in [-0.39, 0.29) is 6.10 Å². The van der Waals surface area contributed by atoms with Gasteiger partial charge in [-0.2, -0.15) is 0 Å². The molecule has 3 rings (SSSR count). The van der Waals surface area contributed by atoms with Gasteiger partial charge in [0.1, 0.15) is 11.9 Å². The molecular formula is C15H18O4. The SMILES string of the molecule is O=C(O)C1(c2cccc(OC3CCCOC3)c2)CC1. The van der Waals surface area contributed by atoms with Crippen LogP contribution in [0.1, 0.15) is 31.2 Å². The molecule has 2 fully saturated rings. The maximum absolute atomic E-state index is 11.3. The maximum atomic E-state index is 11.3. The zero-order chi connectivity index (χ0) is 13.3. The third kappa shape index (κ3) is 2.45. The van der Waals surface area contributed by atoms with Crippen molar-refractivity contribution in [3.63, 3.8) is 0 Å². The van der Waals surface area contributed by atoms with Crippen molar-refractivity contribution < 1.29 is 19.4 Å². The highest BCUT2D eigenvalue weighted by Crippen LogP contribution is 2.49. The lowest BCUT2D eigenvalue weighted by Gasteiger charge is -2.23. The molecule has 1 saturated carbocycles. The number of ether oxygens (including phenoxy) is 2. The molecule has 1 aromatic rings. The Labute approximate surface area is 112 Å². The van der Waals surface area contributed by atoms with Crippen LogP contribution in [0.2, 0.25) is 0 Å². The summed E-state index contributed by atoms with van der Waals surface area (Å²) in [5.74, 6) is 0.0196. The summed E-state index contributed by atoms with van der Waals surface area (Å²) in [5.41, 5.74) is 0.192. The van der Waals surface area contributed by atoms with Gasteiger partial charge < -0.3 is 14.6 Å². The number of carboxylic acids is 1.